The molecule has 2 aromatic carbocycles. The fourth-order valence-electron chi connectivity index (χ4n) is 2.88. The average molecular weight is 253 g/mol. The van der Waals surface area contributed by atoms with Crippen LogP contribution in [-0.2, 0) is 6.54 Å². The van der Waals surface area contributed by atoms with E-state index in [9.17, 15) is 0 Å². The summed E-state index contributed by atoms with van der Waals surface area (Å²) in [6, 6.07) is 10.8. The molecule has 0 fully saturated rings. The highest BCUT2D eigenvalue weighted by molar-refractivity contribution is 6.11. The molecule has 0 aliphatic heterocycles. The zero-order valence-corrected chi connectivity index (χ0v) is 11.9. The predicted molar refractivity (Wildman–Crippen MR) is 81.1 cm³/mol. The van der Waals surface area contributed by atoms with Crippen LogP contribution in [0.2, 0.25) is 0 Å². The minimum atomic E-state index is 0.956. The Morgan fingerprint density at radius 3 is 2.47 bits per heavy atom. The van der Waals surface area contributed by atoms with E-state index in [0.29, 0.717) is 0 Å². The number of aromatic nitrogens is 1. The average Bonchev–Trinajstić information content (AvgIpc) is 2.72. The fourth-order valence-corrected chi connectivity index (χ4v) is 2.88. The van der Waals surface area contributed by atoms with E-state index >= 15 is 0 Å². The SMILES string of the molecule is CCn1c2cc(C)c(C)cc2c2c(OC)cccc21. The van der Waals surface area contributed by atoms with Gasteiger partial charge in [0, 0.05) is 22.8 Å². The largest absolute Gasteiger partial charge is 0.496 e. The Hall–Kier alpha value is -1.96. The second-order valence-electron chi connectivity index (χ2n) is 5.05. The highest BCUT2D eigenvalue weighted by atomic mass is 16.5. The molecular weight excluding hydrogens is 234 g/mol. The van der Waals surface area contributed by atoms with E-state index in [1.54, 1.807) is 7.11 Å². The monoisotopic (exact) mass is 253 g/mol. The summed E-state index contributed by atoms with van der Waals surface area (Å²) in [5, 5.41) is 2.52. The van der Waals surface area contributed by atoms with E-state index < -0.39 is 0 Å². The van der Waals surface area contributed by atoms with E-state index in [0.717, 1.165) is 12.3 Å². The van der Waals surface area contributed by atoms with E-state index in [1.807, 2.05) is 6.07 Å². The summed E-state index contributed by atoms with van der Waals surface area (Å²) in [4.78, 5) is 0. The summed E-state index contributed by atoms with van der Waals surface area (Å²) in [5.74, 6) is 0.956. The Bertz CT molecular complexity index is 768. The van der Waals surface area contributed by atoms with Gasteiger partial charge in [0.2, 0.25) is 0 Å². The van der Waals surface area contributed by atoms with Gasteiger partial charge in [0.15, 0.2) is 0 Å². The van der Waals surface area contributed by atoms with Crippen molar-refractivity contribution in [3.63, 3.8) is 0 Å². The van der Waals surface area contributed by atoms with Gasteiger partial charge in [-0.05, 0) is 56.2 Å². The molecule has 0 saturated carbocycles. The lowest BCUT2D eigenvalue weighted by Gasteiger charge is -2.05. The molecule has 0 atom stereocenters. The topological polar surface area (TPSA) is 14.2 Å². The molecule has 1 heterocycles. The maximum absolute atomic E-state index is 5.55. The van der Waals surface area contributed by atoms with Crippen LogP contribution >= 0.6 is 0 Å². The summed E-state index contributed by atoms with van der Waals surface area (Å²) >= 11 is 0. The molecule has 0 spiro atoms. The van der Waals surface area contributed by atoms with Gasteiger partial charge in [0.1, 0.15) is 5.75 Å². The van der Waals surface area contributed by atoms with Crippen molar-refractivity contribution in [2.45, 2.75) is 27.3 Å². The predicted octanol–water partition coefficient (Wildman–Crippen LogP) is 4.44. The van der Waals surface area contributed by atoms with Gasteiger partial charge >= 0.3 is 0 Å². The molecule has 0 saturated heterocycles. The minimum Gasteiger partial charge on any atom is -0.496 e. The van der Waals surface area contributed by atoms with Crippen molar-refractivity contribution in [2.24, 2.45) is 0 Å². The van der Waals surface area contributed by atoms with E-state index in [4.69, 9.17) is 4.74 Å². The Kier molecular flexibility index (Phi) is 2.74. The number of benzene rings is 2. The van der Waals surface area contributed by atoms with E-state index in [2.05, 4.69) is 49.6 Å². The third kappa shape index (κ3) is 1.63. The molecule has 3 aromatic rings. The number of ether oxygens (including phenoxy) is 1. The van der Waals surface area contributed by atoms with Crippen LogP contribution in [0.3, 0.4) is 0 Å². The summed E-state index contributed by atoms with van der Waals surface area (Å²) in [6.45, 7) is 7.49. The first-order chi connectivity index (χ1) is 9.17. The highest BCUT2D eigenvalue weighted by Crippen LogP contribution is 2.36. The molecule has 0 aliphatic carbocycles. The Labute approximate surface area is 113 Å². The Morgan fingerprint density at radius 1 is 1.05 bits per heavy atom. The van der Waals surface area contributed by atoms with E-state index in [-0.39, 0.29) is 0 Å². The number of nitrogens with zero attached hydrogens (tertiary/aromatic N) is 1. The number of hydrogen-bond acceptors (Lipinski definition) is 1. The van der Waals surface area contributed by atoms with Gasteiger partial charge in [0.05, 0.1) is 12.6 Å². The van der Waals surface area contributed by atoms with Crippen LogP contribution in [-0.4, -0.2) is 11.7 Å². The molecule has 0 N–H and O–H groups in total. The second-order valence-corrected chi connectivity index (χ2v) is 5.05. The molecule has 1 aromatic heterocycles. The molecule has 2 heteroatoms. The van der Waals surface area contributed by atoms with Gasteiger partial charge in [-0.25, -0.2) is 0 Å². The normalized spacial score (nSPS) is 11.4. The number of rotatable bonds is 2. The molecule has 0 amide bonds. The van der Waals surface area contributed by atoms with Gasteiger partial charge in [-0.3, -0.25) is 0 Å². The van der Waals surface area contributed by atoms with Gasteiger partial charge in [0.25, 0.3) is 0 Å². The van der Waals surface area contributed by atoms with Gasteiger partial charge in [-0.1, -0.05) is 6.07 Å². The van der Waals surface area contributed by atoms with Crippen LogP contribution in [0.5, 0.6) is 5.75 Å². The molecule has 98 valence electrons. The zero-order valence-electron chi connectivity index (χ0n) is 11.9. The molecule has 3 rings (SSSR count). The van der Waals surface area contributed by atoms with Crippen LogP contribution in [0.4, 0.5) is 0 Å². The maximum Gasteiger partial charge on any atom is 0.128 e. The summed E-state index contributed by atoms with van der Waals surface area (Å²) in [7, 11) is 1.74. The first-order valence-electron chi connectivity index (χ1n) is 6.73. The van der Waals surface area contributed by atoms with Crippen LogP contribution in [0.15, 0.2) is 30.3 Å². The lowest BCUT2D eigenvalue weighted by Crippen LogP contribution is -1.93. The van der Waals surface area contributed by atoms with Crippen LogP contribution in [0.1, 0.15) is 18.1 Å². The Morgan fingerprint density at radius 2 is 1.79 bits per heavy atom. The third-order valence-electron chi connectivity index (χ3n) is 4.00. The number of methoxy groups -OCH3 is 1. The standard InChI is InChI=1S/C17H19NO/c1-5-18-14-7-6-8-16(19-4)17(14)13-9-11(2)12(3)10-15(13)18/h6-10H,5H2,1-4H3. The molecule has 0 unspecified atom stereocenters. The van der Waals surface area contributed by atoms with Crippen molar-refractivity contribution < 1.29 is 4.74 Å². The van der Waals surface area contributed by atoms with Crippen LogP contribution in [0, 0.1) is 13.8 Å². The van der Waals surface area contributed by atoms with Crippen molar-refractivity contribution in [3.05, 3.63) is 41.5 Å². The molecule has 0 bridgehead atoms. The molecule has 2 nitrogen and oxygen atoms in total. The van der Waals surface area contributed by atoms with Crippen molar-refractivity contribution in [2.75, 3.05) is 7.11 Å². The first-order valence-corrected chi connectivity index (χ1v) is 6.73. The fraction of sp³-hybridized carbons (Fsp3) is 0.294. The van der Waals surface area contributed by atoms with Crippen molar-refractivity contribution in [1.29, 1.82) is 0 Å². The quantitative estimate of drug-likeness (QED) is 0.658. The highest BCUT2D eigenvalue weighted by Gasteiger charge is 2.14. The first kappa shape index (κ1) is 12.1. The summed E-state index contributed by atoms with van der Waals surface area (Å²) in [5.41, 5.74) is 5.21. The number of fused-ring (bicyclic) bond motifs is 3. The second kappa shape index (κ2) is 4.30. The molecule has 0 aliphatic rings. The van der Waals surface area contributed by atoms with Crippen LogP contribution in [0.25, 0.3) is 21.8 Å². The summed E-state index contributed by atoms with van der Waals surface area (Å²) in [6.07, 6.45) is 0. The smallest absolute Gasteiger partial charge is 0.128 e. The van der Waals surface area contributed by atoms with Crippen LogP contribution < -0.4 is 4.74 Å². The molecule has 0 radical (unpaired) electrons. The van der Waals surface area contributed by atoms with Gasteiger partial charge in [-0.2, -0.15) is 0 Å². The van der Waals surface area contributed by atoms with Gasteiger partial charge < -0.3 is 9.30 Å². The summed E-state index contributed by atoms with van der Waals surface area (Å²) < 4.78 is 7.91. The Balaban J connectivity index is 2.58. The van der Waals surface area contributed by atoms with Crippen molar-refractivity contribution in [3.8, 4) is 5.75 Å². The lowest BCUT2D eigenvalue weighted by molar-refractivity contribution is 0.420. The van der Waals surface area contributed by atoms with Crippen molar-refractivity contribution >= 4 is 21.8 Å². The zero-order chi connectivity index (χ0) is 13.6. The van der Waals surface area contributed by atoms with E-state index in [1.165, 1.54) is 32.9 Å². The van der Waals surface area contributed by atoms with Gasteiger partial charge in [-0.15, -0.1) is 0 Å². The minimum absolute atomic E-state index is 0.956. The number of hydrogen-bond donors (Lipinski definition) is 0. The third-order valence-corrected chi connectivity index (χ3v) is 4.00. The lowest BCUT2D eigenvalue weighted by atomic mass is 10.1. The molecule has 19 heavy (non-hydrogen) atoms. The number of aryl methyl sites for hydroxylation is 3. The molecular formula is C17H19NO. The van der Waals surface area contributed by atoms with Crippen molar-refractivity contribution in [1.82, 2.24) is 4.57 Å². The maximum atomic E-state index is 5.55.